The van der Waals surface area contributed by atoms with Crippen molar-refractivity contribution in [2.75, 3.05) is 25.1 Å². The van der Waals surface area contributed by atoms with E-state index in [1.807, 2.05) is 11.3 Å². The van der Waals surface area contributed by atoms with E-state index in [0.29, 0.717) is 18.0 Å². The molecule has 1 aromatic heterocycles. The van der Waals surface area contributed by atoms with Gasteiger partial charge in [0.15, 0.2) is 0 Å². The van der Waals surface area contributed by atoms with E-state index in [9.17, 15) is 0 Å². The van der Waals surface area contributed by atoms with Crippen molar-refractivity contribution in [3.05, 3.63) is 15.6 Å². The molecule has 114 valence electrons. The minimum absolute atomic E-state index is 0.504. The lowest BCUT2D eigenvalue weighted by atomic mass is 10.1. The lowest BCUT2D eigenvalue weighted by molar-refractivity contribution is 0.274. The molecule has 3 nitrogen and oxygen atoms in total. The maximum atomic E-state index is 4.99. The molecule has 2 heterocycles. The molecule has 0 aliphatic carbocycles. The molecular weight excluding hydrogens is 286 g/mol. The first-order chi connectivity index (χ1) is 9.49. The van der Waals surface area contributed by atoms with Crippen molar-refractivity contribution >= 4 is 23.1 Å². The third-order valence-electron chi connectivity index (χ3n) is 3.64. The van der Waals surface area contributed by atoms with E-state index in [2.05, 4.69) is 56.7 Å². The van der Waals surface area contributed by atoms with Crippen LogP contribution in [0.2, 0.25) is 0 Å². The molecule has 1 aromatic rings. The Morgan fingerprint density at radius 2 is 2.10 bits per heavy atom. The fraction of sp³-hybridized carbons (Fsp3) is 0.800. The summed E-state index contributed by atoms with van der Waals surface area (Å²) in [6.45, 7) is 11.0. The topological polar surface area (TPSA) is 28.2 Å². The Labute approximate surface area is 131 Å². The average molecular weight is 314 g/mol. The van der Waals surface area contributed by atoms with Crippen LogP contribution in [-0.2, 0) is 6.54 Å². The second kappa shape index (κ2) is 7.25. The van der Waals surface area contributed by atoms with Crippen molar-refractivity contribution < 1.29 is 0 Å². The Balaban J connectivity index is 2.19. The summed E-state index contributed by atoms with van der Waals surface area (Å²) in [7, 11) is 2.23. The van der Waals surface area contributed by atoms with E-state index in [0.717, 1.165) is 6.54 Å². The van der Waals surface area contributed by atoms with Gasteiger partial charge < -0.3 is 5.32 Å². The lowest BCUT2D eigenvalue weighted by Gasteiger charge is -2.30. The number of thiazole rings is 1. The van der Waals surface area contributed by atoms with Crippen LogP contribution in [0.3, 0.4) is 0 Å². The summed E-state index contributed by atoms with van der Waals surface area (Å²) in [5.74, 6) is 2.93. The molecule has 0 radical (unpaired) electrons. The Morgan fingerprint density at radius 3 is 2.70 bits per heavy atom. The quantitative estimate of drug-likeness (QED) is 0.901. The van der Waals surface area contributed by atoms with Crippen molar-refractivity contribution in [3.63, 3.8) is 0 Å². The summed E-state index contributed by atoms with van der Waals surface area (Å²) >= 11 is 3.96. The smallest absolute Gasteiger partial charge is 0.111 e. The standard InChI is InChI=1S/C15H27N3S2/c1-10(2)14-13(8-16-11(3)4)20-15(17-14)12-9-19-7-6-18(12)5/h10-12,16H,6-9H2,1-5H3. The highest BCUT2D eigenvalue weighted by atomic mass is 32.2. The maximum Gasteiger partial charge on any atom is 0.111 e. The van der Waals surface area contributed by atoms with Gasteiger partial charge in [-0.15, -0.1) is 11.3 Å². The number of nitrogens with one attached hydrogen (secondary N) is 1. The number of hydrogen-bond donors (Lipinski definition) is 1. The van der Waals surface area contributed by atoms with Crippen molar-refractivity contribution in [1.82, 2.24) is 15.2 Å². The third kappa shape index (κ3) is 3.97. The van der Waals surface area contributed by atoms with Crippen LogP contribution in [0.1, 0.15) is 55.2 Å². The minimum Gasteiger partial charge on any atom is -0.310 e. The predicted molar refractivity (Wildman–Crippen MR) is 90.9 cm³/mol. The van der Waals surface area contributed by atoms with Gasteiger partial charge in [0.05, 0.1) is 11.7 Å². The van der Waals surface area contributed by atoms with Gasteiger partial charge in [-0.05, 0) is 13.0 Å². The molecule has 0 saturated carbocycles. The van der Waals surface area contributed by atoms with E-state index in [1.165, 1.54) is 33.6 Å². The van der Waals surface area contributed by atoms with Crippen LogP contribution < -0.4 is 5.32 Å². The van der Waals surface area contributed by atoms with Crippen LogP contribution in [0.25, 0.3) is 0 Å². The highest BCUT2D eigenvalue weighted by Gasteiger charge is 2.26. The number of nitrogens with zero attached hydrogens (tertiary/aromatic N) is 2. The molecule has 2 rings (SSSR count). The van der Waals surface area contributed by atoms with Gasteiger partial charge in [-0.3, -0.25) is 4.90 Å². The first-order valence-corrected chi connectivity index (χ1v) is 9.47. The van der Waals surface area contributed by atoms with Crippen LogP contribution >= 0.6 is 23.1 Å². The molecule has 20 heavy (non-hydrogen) atoms. The molecule has 0 amide bonds. The molecule has 1 saturated heterocycles. The third-order valence-corrected chi connectivity index (χ3v) is 5.84. The maximum absolute atomic E-state index is 4.99. The summed E-state index contributed by atoms with van der Waals surface area (Å²) in [5, 5.41) is 4.85. The fourth-order valence-corrected chi connectivity index (χ4v) is 5.01. The van der Waals surface area contributed by atoms with Crippen LogP contribution in [0.5, 0.6) is 0 Å². The average Bonchev–Trinajstić information content (AvgIpc) is 2.81. The second-order valence-electron chi connectivity index (χ2n) is 6.12. The molecule has 0 aromatic carbocycles. The first kappa shape index (κ1) is 16.3. The molecule has 1 fully saturated rings. The SMILES string of the molecule is CC(C)NCc1sc(C2CSCCN2C)nc1C(C)C. The van der Waals surface area contributed by atoms with Crippen LogP contribution in [0.15, 0.2) is 0 Å². The highest BCUT2D eigenvalue weighted by Crippen LogP contribution is 2.34. The number of thioether (sulfide) groups is 1. The Morgan fingerprint density at radius 1 is 1.35 bits per heavy atom. The summed E-state index contributed by atoms with van der Waals surface area (Å²) in [6, 6.07) is 1.03. The largest absolute Gasteiger partial charge is 0.310 e. The van der Waals surface area contributed by atoms with Gasteiger partial charge in [0, 0.05) is 35.5 Å². The Hall–Kier alpha value is -0.100. The highest BCUT2D eigenvalue weighted by molar-refractivity contribution is 7.99. The van der Waals surface area contributed by atoms with E-state index in [4.69, 9.17) is 4.98 Å². The van der Waals surface area contributed by atoms with Gasteiger partial charge in [-0.2, -0.15) is 11.8 Å². The molecular formula is C15H27N3S2. The molecule has 1 N–H and O–H groups in total. The molecule has 1 aliphatic rings. The summed E-state index contributed by atoms with van der Waals surface area (Å²) < 4.78 is 0. The summed E-state index contributed by atoms with van der Waals surface area (Å²) in [5.41, 5.74) is 1.29. The molecule has 5 heteroatoms. The lowest BCUT2D eigenvalue weighted by Crippen LogP contribution is -2.32. The van der Waals surface area contributed by atoms with Crippen molar-refractivity contribution in [2.24, 2.45) is 0 Å². The van der Waals surface area contributed by atoms with E-state index >= 15 is 0 Å². The molecule has 1 unspecified atom stereocenters. The Bertz CT molecular complexity index is 429. The zero-order chi connectivity index (χ0) is 14.7. The van der Waals surface area contributed by atoms with Gasteiger partial charge in [-0.25, -0.2) is 4.98 Å². The van der Waals surface area contributed by atoms with Crippen LogP contribution in [0.4, 0.5) is 0 Å². The number of aromatic nitrogens is 1. The summed E-state index contributed by atoms with van der Waals surface area (Å²) in [6.07, 6.45) is 0. The molecule has 1 atom stereocenters. The normalized spacial score (nSPS) is 21.1. The van der Waals surface area contributed by atoms with Gasteiger partial charge >= 0.3 is 0 Å². The first-order valence-electron chi connectivity index (χ1n) is 7.50. The number of hydrogen-bond acceptors (Lipinski definition) is 5. The van der Waals surface area contributed by atoms with Gasteiger partial charge in [-0.1, -0.05) is 27.7 Å². The molecule has 1 aliphatic heterocycles. The van der Waals surface area contributed by atoms with Crippen molar-refractivity contribution in [3.8, 4) is 0 Å². The van der Waals surface area contributed by atoms with Gasteiger partial charge in [0.1, 0.15) is 5.01 Å². The van der Waals surface area contributed by atoms with Crippen LogP contribution in [0, 0.1) is 0 Å². The monoisotopic (exact) mass is 313 g/mol. The second-order valence-corrected chi connectivity index (χ2v) is 8.39. The van der Waals surface area contributed by atoms with Crippen molar-refractivity contribution in [1.29, 1.82) is 0 Å². The zero-order valence-electron chi connectivity index (χ0n) is 13.3. The molecule has 0 bridgehead atoms. The summed E-state index contributed by atoms with van der Waals surface area (Å²) in [4.78, 5) is 8.87. The minimum atomic E-state index is 0.504. The van der Waals surface area contributed by atoms with Gasteiger partial charge in [0.25, 0.3) is 0 Å². The zero-order valence-corrected chi connectivity index (χ0v) is 14.9. The van der Waals surface area contributed by atoms with Crippen LogP contribution in [-0.4, -0.2) is 41.0 Å². The fourth-order valence-electron chi connectivity index (χ4n) is 2.35. The van der Waals surface area contributed by atoms with Crippen molar-refractivity contribution in [2.45, 2.75) is 52.2 Å². The predicted octanol–water partition coefficient (Wildman–Crippen LogP) is 3.48. The van der Waals surface area contributed by atoms with E-state index in [-0.39, 0.29) is 0 Å². The van der Waals surface area contributed by atoms with Gasteiger partial charge in [0.2, 0.25) is 0 Å². The van der Waals surface area contributed by atoms with E-state index < -0.39 is 0 Å². The Kier molecular flexibility index (Phi) is 5.90. The number of rotatable bonds is 5. The molecule has 0 spiro atoms. The van der Waals surface area contributed by atoms with E-state index in [1.54, 1.807) is 0 Å².